The number of anilines is 1. The van der Waals surface area contributed by atoms with Crippen molar-refractivity contribution in [3.63, 3.8) is 0 Å². The van der Waals surface area contributed by atoms with Crippen molar-refractivity contribution in [3.8, 4) is 0 Å². The highest BCUT2D eigenvalue weighted by atomic mass is 16.6. The predicted molar refractivity (Wildman–Crippen MR) is 105 cm³/mol. The van der Waals surface area contributed by atoms with Gasteiger partial charge >= 0.3 is 5.97 Å². The molecule has 0 aliphatic rings. The number of carbonyl (C=O) groups excluding carboxylic acids is 3. The number of para-hydroxylation sites is 1. The fourth-order valence-corrected chi connectivity index (χ4v) is 2.38. The van der Waals surface area contributed by atoms with Gasteiger partial charge in [0, 0.05) is 23.4 Å². The molecule has 0 aliphatic heterocycles. The Morgan fingerprint density at radius 2 is 1.76 bits per heavy atom. The zero-order valence-corrected chi connectivity index (χ0v) is 16.2. The number of rotatable bonds is 7. The summed E-state index contributed by atoms with van der Waals surface area (Å²) in [4.78, 5) is 46.8. The van der Waals surface area contributed by atoms with E-state index >= 15 is 0 Å². The Kier molecular flexibility index (Phi) is 7.02. The van der Waals surface area contributed by atoms with Crippen molar-refractivity contribution in [2.75, 3.05) is 5.32 Å². The van der Waals surface area contributed by atoms with Gasteiger partial charge in [-0.2, -0.15) is 0 Å². The van der Waals surface area contributed by atoms with E-state index in [1.165, 1.54) is 32.0 Å². The van der Waals surface area contributed by atoms with Crippen LogP contribution in [0.15, 0.2) is 48.5 Å². The largest absolute Gasteiger partial charge is 0.451 e. The first-order chi connectivity index (χ1) is 13.7. The number of carbonyl (C=O) groups is 3. The molecule has 2 rings (SSSR count). The summed E-state index contributed by atoms with van der Waals surface area (Å²) in [5, 5.41) is 15.9. The Labute approximate surface area is 167 Å². The third-order valence-corrected chi connectivity index (χ3v) is 4.09. The first-order valence-electron chi connectivity index (χ1n) is 8.81. The molecule has 9 heteroatoms. The number of hydrogen-bond donors (Lipinski definition) is 2. The number of nitro groups is 1. The van der Waals surface area contributed by atoms with Gasteiger partial charge < -0.3 is 15.4 Å². The van der Waals surface area contributed by atoms with Crippen molar-refractivity contribution < 1.29 is 24.0 Å². The van der Waals surface area contributed by atoms with E-state index in [4.69, 9.17) is 4.74 Å². The Bertz CT molecular complexity index is 943. The molecular weight excluding hydrogens is 378 g/mol. The van der Waals surface area contributed by atoms with Gasteiger partial charge in [0.15, 0.2) is 6.10 Å². The molecule has 9 nitrogen and oxygen atoms in total. The summed E-state index contributed by atoms with van der Waals surface area (Å²) in [7, 11) is 0. The maximum atomic E-state index is 12.2. The fourth-order valence-electron chi connectivity index (χ4n) is 2.38. The van der Waals surface area contributed by atoms with E-state index in [9.17, 15) is 24.5 Å². The summed E-state index contributed by atoms with van der Waals surface area (Å²) >= 11 is 0. The number of non-ortho nitro benzene ring substituents is 1. The lowest BCUT2D eigenvalue weighted by atomic mass is 10.2. The molecule has 29 heavy (non-hydrogen) atoms. The third-order valence-electron chi connectivity index (χ3n) is 4.09. The van der Waals surface area contributed by atoms with E-state index in [-0.39, 0.29) is 11.3 Å². The standard InChI is InChI=1S/C20H21N3O6/c1-12-7-4-5-10-17(12)22-18(24)14(3)29-20(26)13(2)21-19(25)15-8-6-9-16(11-15)23(27)28/h4-11,13-14H,1-3H3,(H,21,25)(H,22,24). The van der Waals surface area contributed by atoms with Crippen LogP contribution in [0.5, 0.6) is 0 Å². The predicted octanol–water partition coefficient (Wildman–Crippen LogP) is 2.59. The van der Waals surface area contributed by atoms with Crippen LogP contribution in [0.3, 0.4) is 0 Å². The minimum Gasteiger partial charge on any atom is -0.451 e. The van der Waals surface area contributed by atoms with Crippen LogP contribution in [0.2, 0.25) is 0 Å². The van der Waals surface area contributed by atoms with Gasteiger partial charge in [-0.3, -0.25) is 19.7 Å². The van der Waals surface area contributed by atoms with Crippen LogP contribution >= 0.6 is 0 Å². The number of ether oxygens (including phenoxy) is 1. The third kappa shape index (κ3) is 5.86. The van der Waals surface area contributed by atoms with Crippen molar-refractivity contribution in [3.05, 3.63) is 69.8 Å². The smallest absolute Gasteiger partial charge is 0.329 e. The summed E-state index contributed by atoms with van der Waals surface area (Å²) < 4.78 is 5.11. The molecule has 0 aromatic heterocycles. The Morgan fingerprint density at radius 3 is 2.41 bits per heavy atom. The van der Waals surface area contributed by atoms with Gasteiger partial charge in [0.25, 0.3) is 17.5 Å². The molecule has 0 bridgehead atoms. The molecule has 2 unspecified atom stereocenters. The number of nitrogens with one attached hydrogen (secondary N) is 2. The maximum absolute atomic E-state index is 12.2. The molecule has 0 heterocycles. The lowest BCUT2D eigenvalue weighted by Crippen LogP contribution is -2.42. The maximum Gasteiger partial charge on any atom is 0.329 e. The normalized spacial score (nSPS) is 12.4. The summed E-state index contributed by atoms with van der Waals surface area (Å²) in [6, 6.07) is 11.2. The van der Waals surface area contributed by atoms with Crippen molar-refractivity contribution in [2.24, 2.45) is 0 Å². The molecule has 2 amide bonds. The molecular formula is C20H21N3O6. The number of nitrogens with zero attached hydrogens (tertiary/aromatic N) is 1. The van der Waals surface area contributed by atoms with Gasteiger partial charge in [0.1, 0.15) is 6.04 Å². The monoisotopic (exact) mass is 399 g/mol. The van der Waals surface area contributed by atoms with E-state index < -0.39 is 34.9 Å². The van der Waals surface area contributed by atoms with E-state index in [0.29, 0.717) is 5.69 Å². The first kappa shape index (κ1) is 21.5. The number of amides is 2. The van der Waals surface area contributed by atoms with E-state index in [1.54, 1.807) is 12.1 Å². The minimum atomic E-state index is -1.08. The molecule has 2 N–H and O–H groups in total. The van der Waals surface area contributed by atoms with Crippen LogP contribution in [-0.2, 0) is 14.3 Å². The number of aryl methyl sites for hydroxylation is 1. The minimum absolute atomic E-state index is 0.0317. The molecule has 0 spiro atoms. The highest BCUT2D eigenvalue weighted by Gasteiger charge is 2.24. The van der Waals surface area contributed by atoms with E-state index in [0.717, 1.165) is 11.6 Å². The topological polar surface area (TPSA) is 128 Å². The molecule has 0 aliphatic carbocycles. The van der Waals surface area contributed by atoms with Gasteiger partial charge in [0.05, 0.1) is 4.92 Å². The highest BCUT2D eigenvalue weighted by molar-refractivity contribution is 5.98. The Balaban J connectivity index is 1.93. The second kappa shape index (κ2) is 9.45. The van der Waals surface area contributed by atoms with Gasteiger partial charge in [-0.1, -0.05) is 24.3 Å². The average Bonchev–Trinajstić information content (AvgIpc) is 2.69. The molecule has 0 saturated carbocycles. The molecule has 2 aromatic rings. The quantitative estimate of drug-likeness (QED) is 0.418. The van der Waals surface area contributed by atoms with Crippen molar-refractivity contribution >= 4 is 29.2 Å². The van der Waals surface area contributed by atoms with Crippen molar-refractivity contribution in [2.45, 2.75) is 32.9 Å². The van der Waals surface area contributed by atoms with Crippen LogP contribution in [0, 0.1) is 17.0 Å². The summed E-state index contributed by atoms with van der Waals surface area (Å²) in [6.45, 7) is 4.64. The van der Waals surface area contributed by atoms with Crippen molar-refractivity contribution in [1.29, 1.82) is 0 Å². The number of hydrogen-bond acceptors (Lipinski definition) is 6. The second-order valence-corrected chi connectivity index (χ2v) is 6.39. The molecule has 0 saturated heterocycles. The number of nitro benzene ring substituents is 1. The average molecular weight is 399 g/mol. The molecule has 152 valence electrons. The molecule has 2 aromatic carbocycles. The Hall–Kier alpha value is -3.75. The molecule has 0 radical (unpaired) electrons. The van der Waals surface area contributed by atoms with Crippen LogP contribution in [0.1, 0.15) is 29.8 Å². The summed E-state index contributed by atoms with van der Waals surface area (Å²) in [6.07, 6.45) is -1.08. The summed E-state index contributed by atoms with van der Waals surface area (Å²) in [5.41, 5.74) is 1.25. The zero-order chi connectivity index (χ0) is 21.6. The van der Waals surface area contributed by atoms with Crippen LogP contribution < -0.4 is 10.6 Å². The molecule has 0 fully saturated rings. The lowest BCUT2D eigenvalue weighted by Gasteiger charge is -2.18. The number of benzene rings is 2. The number of esters is 1. The van der Waals surface area contributed by atoms with Crippen molar-refractivity contribution in [1.82, 2.24) is 5.32 Å². The van der Waals surface area contributed by atoms with E-state index in [2.05, 4.69) is 10.6 Å². The molecule has 2 atom stereocenters. The first-order valence-corrected chi connectivity index (χ1v) is 8.81. The van der Waals surface area contributed by atoms with Gasteiger partial charge in [-0.25, -0.2) is 4.79 Å². The van der Waals surface area contributed by atoms with Crippen LogP contribution in [0.25, 0.3) is 0 Å². The summed E-state index contributed by atoms with van der Waals surface area (Å²) in [5.74, 6) is -1.99. The SMILES string of the molecule is Cc1ccccc1NC(=O)C(C)OC(=O)C(C)NC(=O)c1cccc([N+](=O)[O-])c1. The lowest BCUT2D eigenvalue weighted by molar-refractivity contribution is -0.384. The Morgan fingerprint density at radius 1 is 1.07 bits per heavy atom. The fraction of sp³-hybridized carbons (Fsp3) is 0.250. The van der Waals surface area contributed by atoms with Crippen LogP contribution in [0.4, 0.5) is 11.4 Å². The van der Waals surface area contributed by atoms with Gasteiger partial charge in [-0.05, 0) is 38.5 Å². The van der Waals surface area contributed by atoms with Gasteiger partial charge in [0.2, 0.25) is 0 Å². The second-order valence-electron chi connectivity index (χ2n) is 6.39. The van der Waals surface area contributed by atoms with Crippen LogP contribution in [-0.4, -0.2) is 34.9 Å². The zero-order valence-electron chi connectivity index (χ0n) is 16.2. The van der Waals surface area contributed by atoms with E-state index in [1.807, 2.05) is 19.1 Å². The highest BCUT2D eigenvalue weighted by Crippen LogP contribution is 2.15. The van der Waals surface area contributed by atoms with Gasteiger partial charge in [-0.15, -0.1) is 0 Å².